The predicted octanol–water partition coefficient (Wildman–Crippen LogP) is 5.47. The topological polar surface area (TPSA) is 77.0 Å². The van der Waals surface area contributed by atoms with Crippen LogP contribution in [-0.4, -0.2) is 34.4 Å². The number of hydrogen-bond donors (Lipinski definition) is 1. The Morgan fingerprint density at radius 2 is 1.54 bits per heavy atom. The standard InChI is InChI=1S/C28H28N2O4S/c1-18-8-14-21(15-9-18)35(31,32)30-20-12-10-19(11-13-20)28-24-17-27(34-3)26(33-2)16-23(24)22-6-4-5-7-25(22)29-28/h4-5,8-17,22,25,30H,6-7H2,1-3H3/t22-,25+/m0/s1. The summed E-state index contributed by atoms with van der Waals surface area (Å²) < 4.78 is 39.4. The lowest BCUT2D eigenvalue weighted by Gasteiger charge is -2.33. The molecule has 5 rings (SSSR count). The van der Waals surface area contributed by atoms with E-state index in [0.717, 1.165) is 35.2 Å². The first-order chi connectivity index (χ1) is 16.9. The molecule has 0 saturated heterocycles. The molecule has 6 nitrogen and oxygen atoms in total. The van der Waals surface area contributed by atoms with Crippen LogP contribution >= 0.6 is 0 Å². The molecule has 35 heavy (non-hydrogen) atoms. The first kappa shape index (κ1) is 23.2. The van der Waals surface area contributed by atoms with Gasteiger partial charge in [0.25, 0.3) is 10.0 Å². The van der Waals surface area contributed by atoms with Crippen LogP contribution in [0.4, 0.5) is 5.69 Å². The van der Waals surface area contributed by atoms with Crippen molar-refractivity contribution < 1.29 is 17.9 Å². The fourth-order valence-electron chi connectivity index (χ4n) is 4.78. The van der Waals surface area contributed by atoms with Gasteiger partial charge in [0.2, 0.25) is 0 Å². The second kappa shape index (κ2) is 9.23. The van der Waals surface area contributed by atoms with E-state index in [1.807, 2.05) is 25.1 Å². The quantitative estimate of drug-likeness (QED) is 0.467. The van der Waals surface area contributed by atoms with Gasteiger partial charge in [0.1, 0.15) is 0 Å². The largest absolute Gasteiger partial charge is 0.493 e. The van der Waals surface area contributed by atoms with E-state index in [1.54, 1.807) is 50.6 Å². The molecular weight excluding hydrogens is 460 g/mol. The van der Waals surface area contributed by atoms with Crippen LogP contribution in [0.1, 0.15) is 41.0 Å². The van der Waals surface area contributed by atoms with Gasteiger partial charge in [-0.15, -0.1) is 0 Å². The summed E-state index contributed by atoms with van der Waals surface area (Å²) in [5.74, 6) is 1.66. The number of anilines is 1. The molecule has 1 aliphatic carbocycles. The van der Waals surface area contributed by atoms with Crippen LogP contribution < -0.4 is 14.2 Å². The molecule has 0 radical (unpaired) electrons. The number of nitrogens with one attached hydrogen (secondary N) is 1. The fraction of sp³-hybridized carbons (Fsp3) is 0.250. The Hall–Kier alpha value is -3.58. The zero-order valence-corrected chi connectivity index (χ0v) is 20.8. The average molecular weight is 489 g/mol. The van der Waals surface area contributed by atoms with Crippen LogP contribution in [0.25, 0.3) is 0 Å². The summed E-state index contributed by atoms with van der Waals surface area (Å²) in [5.41, 5.74) is 5.53. The molecule has 3 aromatic carbocycles. The summed E-state index contributed by atoms with van der Waals surface area (Å²) in [6.45, 7) is 1.92. The van der Waals surface area contributed by atoms with Crippen molar-refractivity contribution in [3.63, 3.8) is 0 Å². The molecule has 0 fully saturated rings. The third-order valence-corrected chi connectivity index (χ3v) is 8.04. The second-order valence-electron chi connectivity index (χ2n) is 8.88. The molecule has 1 heterocycles. The zero-order chi connectivity index (χ0) is 24.6. The highest BCUT2D eigenvalue weighted by Gasteiger charge is 2.33. The minimum absolute atomic E-state index is 0.153. The molecular formula is C28H28N2O4S. The number of ether oxygens (including phenoxy) is 2. The molecule has 180 valence electrons. The average Bonchev–Trinajstić information content (AvgIpc) is 2.88. The highest BCUT2D eigenvalue weighted by atomic mass is 32.2. The number of nitrogens with zero attached hydrogens (tertiary/aromatic N) is 1. The van der Waals surface area contributed by atoms with Crippen molar-refractivity contribution in [3.8, 4) is 11.5 Å². The van der Waals surface area contributed by atoms with E-state index in [0.29, 0.717) is 23.1 Å². The van der Waals surface area contributed by atoms with Gasteiger partial charge in [-0.3, -0.25) is 9.71 Å². The number of aryl methyl sites for hydroxylation is 1. The van der Waals surface area contributed by atoms with Gasteiger partial charge in [0.15, 0.2) is 11.5 Å². The Labute approximate surface area is 206 Å². The Morgan fingerprint density at radius 3 is 2.23 bits per heavy atom. The first-order valence-electron chi connectivity index (χ1n) is 11.6. The summed E-state index contributed by atoms with van der Waals surface area (Å²) in [6, 6.07) is 18.4. The number of rotatable bonds is 6. The van der Waals surface area contributed by atoms with Gasteiger partial charge in [-0.2, -0.15) is 0 Å². The minimum atomic E-state index is -3.67. The summed E-state index contributed by atoms with van der Waals surface area (Å²) in [5, 5.41) is 0. The van der Waals surface area contributed by atoms with E-state index in [-0.39, 0.29) is 10.9 Å². The van der Waals surface area contributed by atoms with Crippen molar-refractivity contribution >= 4 is 21.4 Å². The van der Waals surface area contributed by atoms with E-state index in [1.165, 1.54) is 5.56 Å². The molecule has 0 bridgehead atoms. The second-order valence-corrected chi connectivity index (χ2v) is 10.6. The number of hydrogen-bond acceptors (Lipinski definition) is 5. The van der Waals surface area contributed by atoms with E-state index in [2.05, 4.69) is 22.9 Å². The minimum Gasteiger partial charge on any atom is -0.493 e. The number of benzene rings is 3. The summed E-state index contributed by atoms with van der Waals surface area (Å²) in [4.78, 5) is 5.37. The van der Waals surface area contributed by atoms with E-state index < -0.39 is 10.0 Å². The maximum atomic E-state index is 12.8. The monoisotopic (exact) mass is 488 g/mol. The van der Waals surface area contributed by atoms with Gasteiger partial charge in [-0.1, -0.05) is 42.0 Å². The lowest BCUT2D eigenvalue weighted by Crippen LogP contribution is -2.28. The van der Waals surface area contributed by atoms with Crippen LogP contribution in [0.3, 0.4) is 0 Å². The Balaban J connectivity index is 1.49. The van der Waals surface area contributed by atoms with E-state index in [4.69, 9.17) is 14.5 Å². The molecule has 0 aromatic heterocycles. The van der Waals surface area contributed by atoms with Gasteiger partial charge < -0.3 is 9.47 Å². The molecule has 3 aromatic rings. The normalized spacial score (nSPS) is 18.8. The van der Waals surface area contributed by atoms with Crippen molar-refractivity contribution in [1.82, 2.24) is 0 Å². The van der Waals surface area contributed by atoms with Crippen molar-refractivity contribution in [2.24, 2.45) is 4.99 Å². The molecule has 7 heteroatoms. The van der Waals surface area contributed by atoms with Crippen LogP contribution in [0.5, 0.6) is 11.5 Å². The van der Waals surface area contributed by atoms with Gasteiger partial charge in [0.05, 0.1) is 30.9 Å². The maximum Gasteiger partial charge on any atom is 0.261 e. The van der Waals surface area contributed by atoms with Crippen molar-refractivity contribution in [2.75, 3.05) is 18.9 Å². The molecule has 0 amide bonds. The van der Waals surface area contributed by atoms with Crippen LogP contribution in [0, 0.1) is 6.92 Å². The van der Waals surface area contributed by atoms with Crippen LogP contribution in [-0.2, 0) is 10.0 Å². The van der Waals surface area contributed by atoms with Gasteiger partial charge >= 0.3 is 0 Å². The van der Waals surface area contributed by atoms with E-state index >= 15 is 0 Å². The molecule has 2 atom stereocenters. The molecule has 2 aliphatic rings. The van der Waals surface area contributed by atoms with Gasteiger partial charge in [-0.05, 0) is 61.7 Å². The lowest BCUT2D eigenvalue weighted by molar-refractivity contribution is 0.353. The Morgan fingerprint density at radius 1 is 0.886 bits per heavy atom. The molecule has 0 unspecified atom stereocenters. The summed E-state index contributed by atoms with van der Waals surface area (Å²) in [6.07, 6.45) is 6.23. The van der Waals surface area contributed by atoms with E-state index in [9.17, 15) is 8.42 Å². The molecule has 0 saturated carbocycles. The molecule has 1 N–H and O–H groups in total. The number of aliphatic imine (C=N–C) groups is 1. The highest BCUT2D eigenvalue weighted by Crippen LogP contribution is 2.43. The predicted molar refractivity (Wildman–Crippen MR) is 139 cm³/mol. The Kier molecular flexibility index (Phi) is 6.11. The van der Waals surface area contributed by atoms with Crippen LogP contribution in [0.2, 0.25) is 0 Å². The lowest BCUT2D eigenvalue weighted by atomic mass is 9.77. The fourth-order valence-corrected chi connectivity index (χ4v) is 5.83. The molecule has 1 aliphatic heterocycles. The third kappa shape index (κ3) is 4.44. The summed E-state index contributed by atoms with van der Waals surface area (Å²) >= 11 is 0. The number of fused-ring (bicyclic) bond motifs is 3. The zero-order valence-electron chi connectivity index (χ0n) is 20.0. The van der Waals surface area contributed by atoms with Gasteiger partial charge in [0, 0.05) is 22.7 Å². The van der Waals surface area contributed by atoms with Crippen molar-refractivity contribution in [2.45, 2.75) is 36.6 Å². The number of methoxy groups -OCH3 is 2. The van der Waals surface area contributed by atoms with Crippen LogP contribution in [0.15, 0.2) is 82.7 Å². The molecule has 0 spiro atoms. The third-order valence-electron chi connectivity index (χ3n) is 6.65. The highest BCUT2D eigenvalue weighted by molar-refractivity contribution is 7.92. The van der Waals surface area contributed by atoms with Crippen molar-refractivity contribution in [1.29, 1.82) is 0 Å². The van der Waals surface area contributed by atoms with Gasteiger partial charge in [-0.25, -0.2) is 8.42 Å². The smallest absolute Gasteiger partial charge is 0.261 e. The number of allylic oxidation sites excluding steroid dienone is 1. The summed E-state index contributed by atoms with van der Waals surface area (Å²) in [7, 11) is -0.388. The first-order valence-corrected chi connectivity index (χ1v) is 13.1. The number of sulfonamides is 1. The Bertz CT molecular complexity index is 1410. The van der Waals surface area contributed by atoms with Crippen molar-refractivity contribution in [3.05, 3.63) is 95.1 Å². The SMILES string of the molecule is COc1cc2c(cc1OC)[C@@H]1CC=CC[C@H]1N=C2c1ccc(NS(=O)(=O)c2ccc(C)cc2)cc1. The maximum absolute atomic E-state index is 12.8.